The highest BCUT2D eigenvalue weighted by Gasteiger charge is 2.27. The number of anilines is 2. The molecule has 4 nitrogen and oxygen atoms in total. The van der Waals surface area contributed by atoms with Gasteiger partial charge < -0.3 is 11.1 Å². The topological polar surface area (TPSA) is 58.4 Å². The zero-order valence-electron chi connectivity index (χ0n) is 9.74. The van der Waals surface area contributed by atoms with Crippen molar-refractivity contribution < 1.29 is 9.18 Å². The van der Waals surface area contributed by atoms with Crippen LogP contribution in [0.3, 0.4) is 0 Å². The smallest absolute Gasteiger partial charge is 0.238 e. The lowest BCUT2D eigenvalue weighted by atomic mass is 10.2. The van der Waals surface area contributed by atoms with Crippen LogP contribution >= 0.6 is 0 Å². The summed E-state index contributed by atoms with van der Waals surface area (Å²) < 4.78 is 13.0. The Bertz CT molecular complexity index is 432. The number of nitrogen functional groups attached to an aromatic ring is 1. The highest BCUT2D eigenvalue weighted by atomic mass is 19.1. The van der Waals surface area contributed by atoms with Gasteiger partial charge in [0.25, 0.3) is 0 Å². The first-order valence-corrected chi connectivity index (χ1v) is 5.61. The number of likely N-dealkylation sites (N-methyl/N-ethyl adjacent to an activating group) is 1. The molecule has 92 valence electrons. The highest BCUT2D eigenvalue weighted by Crippen LogP contribution is 2.25. The number of nitrogens with zero attached hydrogens (tertiary/aromatic N) is 1. The summed E-state index contributed by atoms with van der Waals surface area (Å²) in [5.74, 6) is -0.582. The van der Waals surface area contributed by atoms with E-state index >= 15 is 0 Å². The lowest BCUT2D eigenvalue weighted by Crippen LogP contribution is -2.31. The summed E-state index contributed by atoms with van der Waals surface area (Å²) in [7, 11) is 1.91. The maximum Gasteiger partial charge on any atom is 0.238 e. The maximum atomic E-state index is 13.0. The van der Waals surface area contributed by atoms with Crippen molar-refractivity contribution in [2.45, 2.75) is 18.9 Å². The lowest BCUT2D eigenvalue weighted by Gasteiger charge is -2.15. The minimum absolute atomic E-state index is 0.170. The molecule has 1 aromatic rings. The third-order valence-corrected chi connectivity index (χ3v) is 2.85. The third-order valence-electron chi connectivity index (χ3n) is 2.85. The second-order valence-corrected chi connectivity index (χ2v) is 4.43. The Morgan fingerprint density at radius 1 is 1.59 bits per heavy atom. The summed E-state index contributed by atoms with van der Waals surface area (Å²) >= 11 is 0. The summed E-state index contributed by atoms with van der Waals surface area (Å²) in [4.78, 5) is 13.7. The monoisotopic (exact) mass is 237 g/mol. The predicted molar refractivity (Wildman–Crippen MR) is 65.1 cm³/mol. The maximum absolute atomic E-state index is 13.0. The van der Waals surface area contributed by atoms with Gasteiger partial charge in [0.05, 0.1) is 17.9 Å². The van der Waals surface area contributed by atoms with Gasteiger partial charge in [-0.15, -0.1) is 0 Å². The minimum atomic E-state index is -0.412. The van der Waals surface area contributed by atoms with Gasteiger partial charge in [0.2, 0.25) is 5.91 Å². The number of benzene rings is 1. The van der Waals surface area contributed by atoms with Crippen LogP contribution in [0.5, 0.6) is 0 Å². The van der Waals surface area contributed by atoms with E-state index < -0.39 is 5.82 Å². The zero-order chi connectivity index (χ0) is 12.4. The Morgan fingerprint density at radius 2 is 2.29 bits per heavy atom. The zero-order valence-corrected chi connectivity index (χ0v) is 9.74. The van der Waals surface area contributed by atoms with Crippen LogP contribution in [-0.4, -0.2) is 30.4 Å². The van der Waals surface area contributed by atoms with Gasteiger partial charge in [0.15, 0.2) is 0 Å². The number of carbonyl (C=O) groups excluding carboxylic acids is 1. The van der Waals surface area contributed by atoms with E-state index in [9.17, 15) is 9.18 Å². The Morgan fingerprint density at radius 3 is 2.94 bits per heavy atom. The molecule has 1 amide bonds. The van der Waals surface area contributed by atoms with Gasteiger partial charge in [0, 0.05) is 6.04 Å². The standard InChI is InChI=1S/C12H16FN3O/c1-16(9-3-4-9)7-12(17)15-11-6-8(13)2-5-10(11)14/h2,5-6,9H,3-4,7,14H2,1H3,(H,15,17). The normalized spacial score (nSPS) is 15.0. The molecule has 1 saturated carbocycles. The molecule has 0 radical (unpaired) electrons. The fraction of sp³-hybridized carbons (Fsp3) is 0.417. The van der Waals surface area contributed by atoms with Gasteiger partial charge in [-0.25, -0.2) is 4.39 Å². The van der Waals surface area contributed by atoms with Crippen molar-refractivity contribution in [3.63, 3.8) is 0 Å². The summed E-state index contributed by atoms with van der Waals surface area (Å²) in [6.45, 7) is 0.306. The first kappa shape index (κ1) is 11.9. The third kappa shape index (κ3) is 3.17. The molecule has 2 rings (SSSR count). The summed E-state index contributed by atoms with van der Waals surface area (Å²) in [6, 6.07) is 4.45. The lowest BCUT2D eigenvalue weighted by molar-refractivity contribution is -0.117. The largest absolute Gasteiger partial charge is 0.397 e. The van der Waals surface area contributed by atoms with Crippen molar-refractivity contribution >= 4 is 17.3 Å². The molecule has 0 aliphatic heterocycles. The fourth-order valence-electron chi connectivity index (χ4n) is 1.70. The molecule has 0 heterocycles. The molecule has 5 heteroatoms. The van der Waals surface area contributed by atoms with E-state index in [1.54, 1.807) is 0 Å². The van der Waals surface area contributed by atoms with Crippen LogP contribution < -0.4 is 11.1 Å². The van der Waals surface area contributed by atoms with Crippen molar-refractivity contribution in [1.82, 2.24) is 4.90 Å². The quantitative estimate of drug-likeness (QED) is 0.779. The molecule has 0 aromatic heterocycles. The molecule has 1 aliphatic carbocycles. The molecule has 1 aliphatic rings. The molecule has 0 unspecified atom stereocenters. The van der Waals surface area contributed by atoms with Crippen molar-refractivity contribution in [2.24, 2.45) is 0 Å². The van der Waals surface area contributed by atoms with Crippen LogP contribution in [0.2, 0.25) is 0 Å². The average molecular weight is 237 g/mol. The molecule has 17 heavy (non-hydrogen) atoms. The number of halogens is 1. The molecule has 0 bridgehead atoms. The molecule has 1 aromatic carbocycles. The number of hydrogen-bond acceptors (Lipinski definition) is 3. The van der Waals surface area contributed by atoms with Gasteiger partial charge in [-0.05, 0) is 38.1 Å². The Hall–Kier alpha value is -1.62. The Kier molecular flexibility index (Phi) is 3.28. The highest BCUT2D eigenvalue weighted by molar-refractivity contribution is 5.95. The predicted octanol–water partition coefficient (Wildman–Crippen LogP) is 1.44. The van der Waals surface area contributed by atoms with E-state index in [1.807, 2.05) is 11.9 Å². The molecule has 3 N–H and O–H groups in total. The van der Waals surface area contributed by atoms with Gasteiger partial charge in [-0.2, -0.15) is 0 Å². The van der Waals surface area contributed by atoms with E-state index in [4.69, 9.17) is 5.73 Å². The average Bonchev–Trinajstić information content (AvgIpc) is 3.06. The van der Waals surface area contributed by atoms with Crippen molar-refractivity contribution in [2.75, 3.05) is 24.6 Å². The van der Waals surface area contributed by atoms with Crippen molar-refractivity contribution in [3.05, 3.63) is 24.0 Å². The van der Waals surface area contributed by atoms with Gasteiger partial charge in [-0.1, -0.05) is 0 Å². The number of rotatable bonds is 4. The number of nitrogens with one attached hydrogen (secondary N) is 1. The minimum Gasteiger partial charge on any atom is -0.397 e. The van der Waals surface area contributed by atoms with Crippen LogP contribution in [0.4, 0.5) is 15.8 Å². The Labute approximate surface area is 99.6 Å². The van der Waals surface area contributed by atoms with Crippen LogP contribution in [0.1, 0.15) is 12.8 Å². The van der Waals surface area contributed by atoms with E-state index in [2.05, 4.69) is 5.32 Å². The molecular formula is C12H16FN3O. The van der Waals surface area contributed by atoms with E-state index in [0.717, 1.165) is 12.8 Å². The van der Waals surface area contributed by atoms with Gasteiger partial charge >= 0.3 is 0 Å². The molecule has 0 spiro atoms. The number of carbonyl (C=O) groups is 1. The summed E-state index contributed by atoms with van der Waals surface area (Å²) in [6.07, 6.45) is 2.29. The van der Waals surface area contributed by atoms with E-state index in [1.165, 1.54) is 18.2 Å². The van der Waals surface area contributed by atoms with Crippen molar-refractivity contribution in [1.29, 1.82) is 0 Å². The summed E-state index contributed by atoms with van der Waals surface area (Å²) in [5, 5.41) is 2.62. The second-order valence-electron chi connectivity index (χ2n) is 4.43. The van der Waals surface area contributed by atoms with E-state index in [-0.39, 0.29) is 5.91 Å². The molecule has 0 atom stereocenters. The first-order chi connectivity index (χ1) is 8.06. The van der Waals surface area contributed by atoms with Gasteiger partial charge in [0.1, 0.15) is 5.82 Å². The van der Waals surface area contributed by atoms with Crippen LogP contribution in [0.15, 0.2) is 18.2 Å². The fourth-order valence-corrected chi connectivity index (χ4v) is 1.70. The number of nitrogens with two attached hydrogens (primary N) is 1. The number of hydrogen-bond donors (Lipinski definition) is 2. The van der Waals surface area contributed by atoms with Crippen LogP contribution in [-0.2, 0) is 4.79 Å². The van der Waals surface area contributed by atoms with Crippen LogP contribution in [0.25, 0.3) is 0 Å². The summed E-state index contributed by atoms with van der Waals surface area (Å²) in [5.41, 5.74) is 6.35. The molecule has 1 fully saturated rings. The van der Waals surface area contributed by atoms with E-state index in [0.29, 0.717) is 24.0 Å². The first-order valence-electron chi connectivity index (χ1n) is 5.61. The van der Waals surface area contributed by atoms with Crippen LogP contribution in [0, 0.1) is 5.82 Å². The van der Waals surface area contributed by atoms with Crippen molar-refractivity contribution in [3.8, 4) is 0 Å². The SMILES string of the molecule is CN(CC(=O)Nc1cc(F)ccc1N)C1CC1. The molecule has 0 saturated heterocycles. The molecular weight excluding hydrogens is 221 g/mol. The second kappa shape index (κ2) is 4.71. The Balaban J connectivity index is 1.94. The number of amides is 1. The van der Waals surface area contributed by atoms with Gasteiger partial charge in [-0.3, -0.25) is 9.69 Å².